The number of hydrogen-bond acceptors (Lipinski definition) is 11. The highest BCUT2D eigenvalue weighted by atomic mass is 16.8. The van der Waals surface area contributed by atoms with Crippen molar-refractivity contribution in [3.8, 4) is 0 Å². The lowest BCUT2D eigenvalue weighted by atomic mass is 9.74. The number of aliphatic hydroxyl groups excluding tert-OH is 1. The van der Waals surface area contributed by atoms with E-state index in [1.807, 2.05) is 55.5 Å². The van der Waals surface area contributed by atoms with Gasteiger partial charge in [-0.2, -0.15) is 0 Å². The Bertz CT molecular complexity index is 1680. The van der Waals surface area contributed by atoms with Gasteiger partial charge in [0.15, 0.2) is 6.10 Å². The van der Waals surface area contributed by atoms with Gasteiger partial charge in [0.1, 0.15) is 12.2 Å². The van der Waals surface area contributed by atoms with Crippen LogP contribution in [0.5, 0.6) is 0 Å². The molecule has 14 heteroatoms. The van der Waals surface area contributed by atoms with Crippen molar-refractivity contribution in [2.24, 2.45) is 5.92 Å². The van der Waals surface area contributed by atoms with E-state index in [4.69, 9.17) is 18.9 Å². The fourth-order valence-electron chi connectivity index (χ4n) is 7.80. The second-order valence-electron chi connectivity index (χ2n) is 14.9. The molecule has 2 aromatic rings. The average Bonchev–Trinajstić information content (AvgIpc) is 3.37. The summed E-state index contributed by atoms with van der Waals surface area (Å²) < 4.78 is 22.3. The Morgan fingerprint density at radius 1 is 0.804 bits per heavy atom. The Morgan fingerprint density at radius 2 is 1.36 bits per heavy atom. The molecule has 0 radical (unpaired) electrons. The Labute approximate surface area is 326 Å². The third kappa shape index (κ3) is 9.84. The summed E-state index contributed by atoms with van der Waals surface area (Å²) in [7, 11) is 0. The molecule has 8 atom stereocenters. The molecule has 0 aromatic heterocycles. The van der Waals surface area contributed by atoms with Crippen LogP contribution in [0.1, 0.15) is 95.6 Å². The summed E-state index contributed by atoms with van der Waals surface area (Å²) in [6, 6.07) is 19.6. The fourth-order valence-corrected chi connectivity index (χ4v) is 7.80. The number of unbranched alkanes of at least 4 members (excludes halogenated alkanes) is 7. The van der Waals surface area contributed by atoms with Gasteiger partial charge in [0.05, 0.1) is 0 Å². The number of ether oxygens (including phenoxy) is 4. The number of carbonyl (C=O) groups excluding carboxylic acids is 2. The molecule has 2 saturated heterocycles. The average molecular weight is 783 g/mol. The lowest BCUT2D eigenvalue weighted by Gasteiger charge is -2.48. The number of aryl methyl sites for hydroxylation is 1. The van der Waals surface area contributed by atoms with E-state index < -0.39 is 77.7 Å². The maximum absolute atomic E-state index is 13.2. The van der Waals surface area contributed by atoms with Gasteiger partial charge >= 0.3 is 29.8 Å². The molecule has 2 aromatic carbocycles. The highest BCUT2D eigenvalue weighted by Crippen LogP contribution is 2.56. The molecular weight excluding hydrogens is 728 g/mol. The van der Waals surface area contributed by atoms with Crippen molar-refractivity contribution >= 4 is 29.8 Å². The van der Waals surface area contributed by atoms with Crippen LogP contribution in [0.25, 0.3) is 0 Å². The van der Waals surface area contributed by atoms with Gasteiger partial charge in [-0.05, 0) is 48.8 Å². The molecule has 2 fully saturated rings. The summed E-state index contributed by atoms with van der Waals surface area (Å²) in [5, 5.41) is 53.9. The minimum absolute atomic E-state index is 0.227. The molecule has 56 heavy (non-hydrogen) atoms. The van der Waals surface area contributed by atoms with Gasteiger partial charge in [-0.25, -0.2) is 14.4 Å². The van der Waals surface area contributed by atoms with Crippen LogP contribution in [0.4, 0.5) is 0 Å². The van der Waals surface area contributed by atoms with Crippen molar-refractivity contribution in [1.82, 2.24) is 0 Å². The van der Waals surface area contributed by atoms with Gasteiger partial charge in [0, 0.05) is 25.7 Å². The molecule has 4 unspecified atom stereocenters. The van der Waals surface area contributed by atoms with E-state index in [2.05, 4.69) is 18.7 Å². The van der Waals surface area contributed by atoms with Crippen LogP contribution in [0.15, 0.2) is 72.8 Å². The van der Waals surface area contributed by atoms with Crippen molar-refractivity contribution in [3.63, 3.8) is 0 Å². The first-order valence-electron chi connectivity index (χ1n) is 19.2. The Hall–Kier alpha value is -4.63. The van der Waals surface area contributed by atoms with E-state index in [1.54, 1.807) is 0 Å². The van der Waals surface area contributed by atoms with Crippen LogP contribution in [-0.4, -0.2) is 96.8 Å². The summed E-state index contributed by atoms with van der Waals surface area (Å²) in [5.74, 6) is -11.2. The van der Waals surface area contributed by atoms with E-state index >= 15 is 0 Å². The van der Waals surface area contributed by atoms with E-state index in [1.165, 1.54) is 12.5 Å². The number of aliphatic hydroxyl groups is 2. The topological polar surface area (TPSA) is 223 Å². The van der Waals surface area contributed by atoms with Crippen molar-refractivity contribution in [2.75, 3.05) is 0 Å². The zero-order valence-corrected chi connectivity index (χ0v) is 32.0. The molecule has 4 rings (SSSR count). The lowest BCUT2D eigenvalue weighted by Crippen LogP contribution is -2.78. The first-order valence-corrected chi connectivity index (χ1v) is 19.2. The Morgan fingerprint density at radius 3 is 1.89 bits per heavy atom. The molecule has 0 saturated carbocycles. The third-order valence-corrected chi connectivity index (χ3v) is 10.7. The Balaban J connectivity index is 1.44. The fraction of sp³-hybridized carbons (Fsp3) is 0.548. The molecule has 5 N–H and O–H groups in total. The summed E-state index contributed by atoms with van der Waals surface area (Å²) >= 11 is 0. The first kappa shape index (κ1) is 44.1. The zero-order valence-electron chi connectivity index (χ0n) is 32.0. The van der Waals surface area contributed by atoms with Crippen LogP contribution >= 0.6 is 0 Å². The second kappa shape index (κ2) is 19.5. The van der Waals surface area contributed by atoms with Gasteiger partial charge in [0.25, 0.3) is 0 Å². The third-order valence-electron chi connectivity index (χ3n) is 10.7. The Kier molecular flexibility index (Phi) is 15.3. The molecular formula is C42H54O14. The highest BCUT2D eigenvalue weighted by molar-refractivity contribution is 5.98. The number of rotatable bonds is 23. The van der Waals surface area contributed by atoms with E-state index in [0.717, 1.165) is 50.5 Å². The number of carboxylic acids is 3. The standard InChI is InChI=1S/C42H54O14/c1-27(33(53-29(3)43)28(2)26-31-21-15-11-16-22-31)24-25-40-34(45)35(42(56-40,39(50)51)41(52,38(48)49)36(55-40)37(46)47)54-32(44)23-17-9-7-5-4-6-8-12-18-30-19-13-10-14-20-30/h10-11,13-16,19-22,28,33-36,45,52H,1,4-9,12,17-18,23-26H2,2-3H3,(H,46,47)(H,48,49)(H,50,51)/t28-,33-,34-,35-,36?,40?,41?,42?/m1/s1. The van der Waals surface area contributed by atoms with Crippen LogP contribution < -0.4 is 0 Å². The van der Waals surface area contributed by atoms with E-state index in [9.17, 15) is 49.5 Å². The smallest absolute Gasteiger partial charge is 0.344 e. The van der Waals surface area contributed by atoms with E-state index in [0.29, 0.717) is 19.3 Å². The van der Waals surface area contributed by atoms with Gasteiger partial charge in [-0.15, -0.1) is 0 Å². The predicted octanol–water partition coefficient (Wildman–Crippen LogP) is 5.01. The SMILES string of the molecule is C=C(CCC12OC(C(=O)O)C(O)(C(=O)O)C(C(=O)O)(O1)[C@H](OC(=O)CCCCCCCCCCc1ccccc1)[C@H]2O)[C@@H](OC(C)=O)[C@H](C)Cc1ccccc1. The number of hydrogen-bond donors (Lipinski definition) is 5. The van der Waals surface area contributed by atoms with Crippen molar-refractivity contribution in [1.29, 1.82) is 0 Å². The van der Waals surface area contributed by atoms with Crippen LogP contribution in [-0.2, 0) is 55.8 Å². The molecule has 2 aliphatic heterocycles. The maximum Gasteiger partial charge on any atom is 0.344 e. The van der Waals surface area contributed by atoms with Crippen molar-refractivity contribution in [3.05, 3.63) is 83.9 Å². The van der Waals surface area contributed by atoms with Crippen molar-refractivity contribution < 1.29 is 68.5 Å². The molecule has 2 heterocycles. The highest BCUT2D eigenvalue weighted by Gasteiger charge is 2.85. The number of fused-ring (bicyclic) bond motifs is 2. The largest absolute Gasteiger partial charge is 0.479 e. The number of aliphatic carboxylic acids is 3. The van der Waals surface area contributed by atoms with Gasteiger partial charge in [-0.1, -0.05) is 113 Å². The summed E-state index contributed by atoms with van der Waals surface area (Å²) in [4.78, 5) is 63.4. The zero-order chi connectivity index (χ0) is 41.1. The summed E-state index contributed by atoms with van der Waals surface area (Å²) in [6.45, 7) is 7.07. The van der Waals surface area contributed by atoms with Gasteiger partial charge in [0.2, 0.25) is 23.1 Å². The van der Waals surface area contributed by atoms with Gasteiger partial charge in [-0.3, -0.25) is 9.59 Å². The molecule has 0 amide bonds. The number of carbonyl (C=O) groups is 5. The number of esters is 2. The quantitative estimate of drug-likeness (QED) is 0.0568. The summed E-state index contributed by atoms with van der Waals surface area (Å²) in [5.41, 5.74) is -4.89. The minimum Gasteiger partial charge on any atom is -0.479 e. The monoisotopic (exact) mass is 782 g/mol. The molecule has 14 nitrogen and oxygen atoms in total. The second-order valence-corrected chi connectivity index (χ2v) is 14.9. The van der Waals surface area contributed by atoms with Crippen LogP contribution in [0.3, 0.4) is 0 Å². The maximum atomic E-state index is 13.2. The normalized spacial score (nSPS) is 26.5. The van der Waals surface area contributed by atoms with Crippen LogP contribution in [0.2, 0.25) is 0 Å². The van der Waals surface area contributed by atoms with E-state index in [-0.39, 0.29) is 24.3 Å². The van der Waals surface area contributed by atoms with Crippen LogP contribution in [0, 0.1) is 5.92 Å². The molecule has 0 aliphatic carbocycles. The first-order chi connectivity index (χ1) is 26.6. The predicted molar refractivity (Wildman–Crippen MR) is 200 cm³/mol. The number of carboxylic acid groups (broad SMARTS) is 3. The van der Waals surface area contributed by atoms with Gasteiger partial charge < -0.3 is 44.5 Å². The molecule has 2 bridgehead atoms. The molecule has 0 spiro atoms. The lowest BCUT2D eigenvalue weighted by molar-refractivity contribution is -0.374. The van der Waals surface area contributed by atoms with Crippen molar-refractivity contribution in [2.45, 2.75) is 139 Å². The summed E-state index contributed by atoms with van der Waals surface area (Å²) in [6.07, 6.45) is -0.931. The minimum atomic E-state index is -3.88. The molecule has 2 aliphatic rings. The molecule has 306 valence electrons. The number of benzene rings is 2.